The van der Waals surface area contributed by atoms with Gasteiger partial charge in [-0.2, -0.15) is 0 Å². The molecule has 0 aromatic carbocycles. The van der Waals surface area contributed by atoms with Crippen LogP contribution < -0.4 is 0 Å². The average molecular weight is 177 g/mol. The molecule has 11 heavy (non-hydrogen) atoms. The zero-order valence-electron chi connectivity index (χ0n) is 7.11. The van der Waals surface area contributed by atoms with Gasteiger partial charge in [-0.25, -0.2) is 0 Å². The number of carbonyl (C=O) groups is 2. The first kappa shape index (κ1) is 10.6. The molecule has 0 spiro atoms. The third kappa shape index (κ3) is 4.14. The molecule has 0 aromatic rings. The number of hydrogen-bond donors (Lipinski definition) is 0. The van der Waals surface area contributed by atoms with Crippen molar-refractivity contribution < 1.29 is 9.59 Å². The zero-order valence-corrected chi connectivity index (χ0v) is 7.86. The first-order valence-corrected chi connectivity index (χ1v) is 3.93. The van der Waals surface area contributed by atoms with Crippen LogP contribution in [0.2, 0.25) is 0 Å². The van der Waals surface area contributed by atoms with Crippen molar-refractivity contribution in [3.05, 3.63) is 0 Å². The highest BCUT2D eigenvalue weighted by molar-refractivity contribution is 6.63. The normalized spacial score (nSPS) is 11.3. The van der Waals surface area contributed by atoms with Crippen molar-refractivity contribution in [3.63, 3.8) is 0 Å². The summed E-state index contributed by atoms with van der Waals surface area (Å²) in [6, 6.07) is 0. The van der Waals surface area contributed by atoms with Gasteiger partial charge in [-0.05, 0) is 24.9 Å². The Morgan fingerprint density at radius 1 is 1.36 bits per heavy atom. The lowest BCUT2D eigenvalue weighted by atomic mass is 9.84. The molecule has 0 saturated heterocycles. The smallest absolute Gasteiger partial charge is 0.221 e. The molecule has 0 aromatic heterocycles. The average Bonchev–Trinajstić information content (AvgIpc) is 1.84. The van der Waals surface area contributed by atoms with Gasteiger partial charge in [0, 0.05) is 11.8 Å². The van der Waals surface area contributed by atoms with Crippen molar-refractivity contribution in [2.45, 2.75) is 33.6 Å². The molecule has 0 atom stereocenters. The van der Waals surface area contributed by atoms with Gasteiger partial charge in [0.05, 0.1) is 0 Å². The minimum Gasteiger partial charge on any atom is -0.299 e. The van der Waals surface area contributed by atoms with E-state index < -0.39 is 5.41 Å². The van der Waals surface area contributed by atoms with Crippen molar-refractivity contribution in [1.82, 2.24) is 0 Å². The standard InChI is InChI=1S/C8H13ClO2/c1-6(10)8(2,3)5-4-7(9)11/h4-5H2,1-3H3. The Labute approximate surface area is 71.9 Å². The fourth-order valence-electron chi connectivity index (χ4n) is 0.587. The molecule has 2 nitrogen and oxygen atoms in total. The van der Waals surface area contributed by atoms with Crippen LogP contribution in [0.4, 0.5) is 0 Å². The summed E-state index contributed by atoms with van der Waals surface area (Å²) in [5, 5.41) is -0.376. The summed E-state index contributed by atoms with van der Waals surface area (Å²) >= 11 is 5.14. The third-order valence-electron chi connectivity index (χ3n) is 1.90. The van der Waals surface area contributed by atoms with Crippen molar-refractivity contribution in [3.8, 4) is 0 Å². The topological polar surface area (TPSA) is 34.1 Å². The quantitative estimate of drug-likeness (QED) is 0.616. The van der Waals surface area contributed by atoms with E-state index in [1.165, 1.54) is 6.92 Å². The Bertz CT molecular complexity index is 173. The van der Waals surface area contributed by atoms with E-state index in [2.05, 4.69) is 0 Å². The van der Waals surface area contributed by atoms with Crippen molar-refractivity contribution in [2.75, 3.05) is 0 Å². The lowest BCUT2D eigenvalue weighted by Gasteiger charge is -2.19. The summed E-state index contributed by atoms with van der Waals surface area (Å²) < 4.78 is 0. The maximum Gasteiger partial charge on any atom is 0.221 e. The second-order valence-corrected chi connectivity index (χ2v) is 3.72. The Morgan fingerprint density at radius 3 is 2.09 bits per heavy atom. The molecule has 3 heteroatoms. The van der Waals surface area contributed by atoms with E-state index in [9.17, 15) is 9.59 Å². The molecule has 0 aliphatic heterocycles. The Morgan fingerprint density at radius 2 is 1.82 bits per heavy atom. The first-order chi connectivity index (χ1) is 4.86. The molecular formula is C8H13ClO2. The van der Waals surface area contributed by atoms with Crippen LogP contribution in [-0.2, 0) is 9.59 Å². The molecule has 0 N–H and O–H groups in total. The number of hydrogen-bond acceptors (Lipinski definition) is 2. The zero-order chi connectivity index (χ0) is 9.07. The van der Waals surface area contributed by atoms with Crippen LogP contribution in [0, 0.1) is 5.41 Å². The number of Topliss-reactive ketones (excluding diaryl/α,β-unsaturated/α-hetero) is 1. The van der Waals surface area contributed by atoms with Gasteiger partial charge in [0.1, 0.15) is 5.78 Å². The van der Waals surface area contributed by atoms with E-state index in [0.717, 1.165) is 0 Å². The molecule has 0 aliphatic rings. The predicted molar refractivity (Wildman–Crippen MR) is 44.6 cm³/mol. The molecule has 64 valence electrons. The van der Waals surface area contributed by atoms with Gasteiger partial charge in [0.15, 0.2) is 0 Å². The van der Waals surface area contributed by atoms with Crippen molar-refractivity contribution in [1.29, 1.82) is 0 Å². The molecule has 0 amide bonds. The van der Waals surface area contributed by atoms with E-state index in [0.29, 0.717) is 6.42 Å². The van der Waals surface area contributed by atoms with Gasteiger partial charge >= 0.3 is 0 Å². The van der Waals surface area contributed by atoms with E-state index in [1.54, 1.807) is 0 Å². The van der Waals surface area contributed by atoms with E-state index >= 15 is 0 Å². The molecule has 0 saturated carbocycles. The molecule has 0 heterocycles. The van der Waals surface area contributed by atoms with E-state index in [-0.39, 0.29) is 17.4 Å². The van der Waals surface area contributed by atoms with Gasteiger partial charge in [-0.1, -0.05) is 13.8 Å². The van der Waals surface area contributed by atoms with Gasteiger partial charge in [-0.15, -0.1) is 0 Å². The number of ketones is 1. The first-order valence-electron chi connectivity index (χ1n) is 3.55. The van der Waals surface area contributed by atoms with Gasteiger partial charge in [0.2, 0.25) is 5.24 Å². The van der Waals surface area contributed by atoms with Crippen molar-refractivity contribution >= 4 is 22.6 Å². The number of rotatable bonds is 4. The number of halogens is 1. The largest absolute Gasteiger partial charge is 0.299 e. The minimum atomic E-state index is -0.412. The van der Waals surface area contributed by atoms with Crippen LogP contribution in [0.3, 0.4) is 0 Å². The molecule has 0 unspecified atom stereocenters. The van der Waals surface area contributed by atoms with Crippen LogP contribution in [0.5, 0.6) is 0 Å². The monoisotopic (exact) mass is 176 g/mol. The highest BCUT2D eigenvalue weighted by atomic mass is 35.5. The Kier molecular flexibility index (Phi) is 3.73. The molecular weight excluding hydrogens is 164 g/mol. The Balaban J connectivity index is 3.92. The lowest BCUT2D eigenvalue weighted by molar-refractivity contribution is -0.125. The maximum atomic E-state index is 10.9. The van der Waals surface area contributed by atoms with Gasteiger partial charge in [0.25, 0.3) is 0 Å². The number of carbonyl (C=O) groups excluding carboxylic acids is 2. The van der Waals surface area contributed by atoms with Crippen LogP contribution >= 0.6 is 11.6 Å². The second-order valence-electron chi connectivity index (χ2n) is 3.30. The highest BCUT2D eigenvalue weighted by Crippen LogP contribution is 2.23. The Hall–Kier alpha value is -0.370. The van der Waals surface area contributed by atoms with Gasteiger partial charge < -0.3 is 0 Å². The van der Waals surface area contributed by atoms with Crippen molar-refractivity contribution in [2.24, 2.45) is 5.41 Å². The molecule has 0 aliphatic carbocycles. The molecule has 0 rings (SSSR count). The lowest BCUT2D eigenvalue weighted by Crippen LogP contribution is -2.21. The SMILES string of the molecule is CC(=O)C(C)(C)CCC(=O)Cl. The van der Waals surface area contributed by atoms with Gasteiger partial charge in [-0.3, -0.25) is 9.59 Å². The molecule has 0 bridgehead atoms. The van der Waals surface area contributed by atoms with Crippen LogP contribution in [-0.4, -0.2) is 11.0 Å². The summed E-state index contributed by atoms with van der Waals surface area (Å²) in [7, 11) is 0. The summed E-state index contributed by atoms with van der Waals surface area (Å²) in [6.45, 7) is 5.16. The molecule has 0 fully saturated rings. The highest BCUT2D eigenvalue weighted by Gasteiger charge is 2.23. The fourth-order valence-corrected chi connectivity index (χ4v) is 0.681. The summed E-state index contributed by atoms with van der Waals surface area (Å²) in [4.78, 5) is 21.3. The second kappa shape index (κ2) is 3.86. The van der Waals surface area contributed by atoms with E-state index in [4.69, 9.17) is 11.6 Å². The van der Waals surface area contributed by atoms with Crippen LogP contribution in [0.1, 0.15) is 33.6 Å². The van der Waals surface area contributed by atoms with Crippen LogP contribution in [0.25, 0.3) is 0 Å². The fraction of sp³-hybridized carbons (Fsp3) is 0.750. The predicted octanol–water partition coefficient (Wildman–Crippen LogP) is 2.15. The molecule has 0 radical (unpaired) electrons. The summed E-state index contributed by atoms with van der Waals surface area (Å²) in [5.41, 5.74) is -0.412. The summed E-state index contributed by atoms with van der Waals surface area (Å²) in [5.74, 6) is 0.0930. The van der Waals surface area contributed by atoms with E-state index in [1.807, 2.05) is 13.8 Å². The maximum absolute atomic E-state index is 10.9. The summed E-state index contributed by atoms with van der Waals surface area (Å²) in [6.07, 6.45) is 0.804. The van der Waals surface area contributed by atoms with Crippen LogP contribution in [0.15, 0.2) is 0 Å². The minimum absolute atomic E-state index is 0.0930. The third-order valence-corrected chi connectivity index (χ3v) is 2.09.